The van der Waals surface area contributed by atoms with Crippen LogP contribution in [0.1, 0.15) is 12.8 Å². The van der Waals surface area contributed by atoms with E-state index in [0.29, 0.717) is 0 Å². The van der Waals surface area contributed by atoms with Crippen LogP contribution in [0.2, 0.25) is 0 Å². The van der Waals surface area contributed by atoms with Crippen LogP contribution in [0.15, 0.2) is 0 Å². The summed E-state index contributed by atoms with van der Waals surface area (Å²) in [4.78, 5) is 21.8. The first-order valence-electron chi connectivity index (χ1n) is 4.31. The van der Waals surface area contributed by atoms with Gasteiger partial charge in [-0.3, -0.25) is 9.59 Å². The van der Waals surface area contributed by atoms with Gasteiger partial charge in [-0.2, -0.15) is 13.2 Å². The van der Waals surface area contributed by atoms with Gasteiger partial charge >= 0.3 is 12.1 Å². The van der Waals surface area contributed by atoms with E-state index in [2.05, 4.69) is 10.1 Å². The summed E-state index contributed by atoms with van der Waals surface area (Å²) in [5.74, 6) is -1.26. The molecule has 0 heterocycles. The molecule has 94 valence electrons. The van der Waals surface area contributed by atoms with Crippen LogP contribution in [0.4, 0.5) is 13.2 Å². The van der Waals surface area contributed by atoms with Crippen LogP contribution in [-0.2, 0) is 14.3 Å². The van der Waals surface area contributed by atoms with Crippen LogP contribution >= 0.6 is 22.6 Å². The smallest absolute Gasteiger partial charge is 0.389 e. The maximum Gasteiger partial charge on any atom is 0.389 e. The highest BCUT2D eigenvalue weighted by Gasteiger charge is 2.28. The van der Waals surface area contributed by atoms with E-state index in [4.69, 9.17) is 0 Å². The summed E-state index contributed by atoms with van der Waals surface area (Å²) >= 11 is 1.73. The molecule has 0 aromatic carbocycles. The Morgan fingerprint density at radius 3 is 2.44 bits per heavy atom. The minimum atomic E-state index is -4.34. The van der Waals surface area contributed by atoms with Crippen LogP contribution in [0.5, 0.6) is 0 Å². The summed E-state index contributed by atoms with van der Waals surface area (Å²) in [6, 6.07) is 0. The van der Waals surface area contributed by atoms with Crippen LogP contribution in [0, 0.1) is 0 Å². The first kappa shape index (κ1) is 15.5. The number of esters is 1. The Labute approximate surface area is 104 Å². The van der Waals surface area contributed by atoms with Crippen molar-refractivity contribution in [3.8, 4) is 0 Å². The van der Waals surface area contributed by atoms with E-state index in [1.807, 2.05) is 0 Å². The molecule has 0 aliphatic rings. The van der Waals surface area contributed by atoms with Crippen molar-refractivity contribution in [2.75, 3.05) is 13.7 Å². The van der Waals surface area contributed by atoms with Gasteiger partial charge in [0, 0.05) is 13.0 Å². The van der Waals surface area contributed by atoms with Gasteiger partial charge < -0.3 is 10.1 Å². The molecule has 0 saturated carbocycles. The summed E-state index contributed by atoms with van der Waals surface area (Å²) in [5, 5.41) is 2.22. The number of rotatable bonds is 5. The Hall–Kier alpha value is -0.540. The molecule has 0 fully saturated rings. The van der Waals surface area contributed by atoms with Crippen molar-refractivity contribution in [1.29, 1.82) is 0 Å². The number of alkyl halides is 4. The first-order chi connectivity index (χ1) is 7.26. The Morgan fingerprint density at radius 1 is 1.44 bits per heavy atom. The fourth-order valence-electron chi connectivity index (χ4n) is 0.758. The summed E-state index contributed by atoms with van der Waals surface area (Å²) in [5.41, 5.74) is 0. The molecule has 16 heavy (non-hydrogen) atoms. The Kier molecular flexibility index (Phi) is 6.68. The van der Waals surface area contributed by atoms with Crippen molar-refractivity contribution < 1.29 is 27.5 Å². The quantitative estimate of drug-likeness (QED) is 0.462. The molecule has 0 aliphatic heterocycles. The number of amides is 1. The third-order valence-electron chi connectivity index (χ3n) is 1.57. The highest BCUT2D eigenvalue weighted by Crippen LogP contribution is 2.20. The maximum absolute atomic E-state index is 11.7. The third-order valence-corrected chi connectivity index (χ3v) is 2.52. The van der Waals surface area contributed by atoms with Crippen molar-refractivity contribution >= 4 is 34.5 Å². The normalized spacial score (nSPS) is 13.1. The number of carbonyl (C=O) groups excluding carboxylic acids is 2. The predicted octanol–water partition coefficient (Wildman–Crippen LogP) is 1.42. The average molecular weight is 353 g/mol. The zero-order valence-corrected chi connectivity index (χ0v) is 10.6. The Balaban J connectivity index is 3.78. The standard InChI is InChI=1S/C8H11F3INO3/c1-16-7(15)5(12)4-13-6(14)2-3-8(9,10)11/h5H,2-4H2,1H3,(H,13,14). The lowest BCUT2D eigenvalue weighted by Gasteiger charge is -2.10. The van der Waals surface area contributed by atoms with E-state index in [1.165, 1.54) is 7.11 Å². The summed E-state index contributed by atoms with van der Waals surface area (Å²) in [7, 11) is 1.19. The topological polar surface area (TPSA) is 55.4 Å². The molecule has 4 nitrogen and oxygen atoms in total. The molecular formula is C8H11F3INO3. The van der Waals surface area contributed by atoms with Crippen molar-refractivity contribution in [2.24, 2.45) is 0 Å². The number of hydrogen-bond donors (Lipinski definition) is 1. The van der Waals surface area contributed by atoms with Crippen LogP contribution in [0.25, 0.3) is 0 Å². The molecule has 1 atom stereocenters. The molecule has 0 aliphatic carbocycles. The molecule has 1 N–H and O–H groups in total. The number of halogens is 4. The van der Waals surface area contributed by atoms with Crippen LogP contribution in [-0.4, -0.2) is 35.6 Å². The van der Waals surface area contributed by atoms with Gasteiger partial charge in [-0.25, -0.2) is 0 Å². The molecular weight excluding hydrogens is 342 g/mol. The van der Waals surface area contributed by atoms with E-state index in [9.17, 15) is 22.8 Å². The van der Waals surface area contributed by atoms with Gasteiger partial charge in [0.1, 0.15) is 3.92 Å². The SMILES string of the molecule is COC(=O)C(I)CNC(=O)CCC(F)(F)F. The van der Waals surface area contributed by atoms with Crippen LogP contribution < -0.4 is 5.32 Å². The number of carbonyl (C=O) groups is 2. The van der Waals surface area contributed by atoms with Crippen molar-refractivity contribution in [2.45, 2.75) is 22.9 Å². The molecule has 0 aromatic rings. The van der Waals surface area contributed by atoms with Gasteiger partial charge in [0.05, 0.1) is 13.5 Å². The van der Waals surface area contributed by atoms with Crippen molar-refractivity contribution in [1.82, 2.24) is 5.32 Å². The third kappa shape index (κ3) is 7.71. The average Bonchev–Trinajstić information content (AvgIpc) is 2.20. The second-order valence-corrected chi connectivity index (χ2v) is 4.41. The Bertz CT molecular complexity index is 257. The number of ether oxygens (including phenoxy) is 1. The summed E-state index contributed by atoms with van der Waals surface area (Å²) < 4.78 is 39.0. The van der Waals surface area contributed by atoms with Gasteiger partial charge in [0.25, 0.3) is 0 Å². The second-order valence-electron chi connectivity index (χ2n) is 2.91. The predicted molar refractivity (Wildman–Crippen MR) is 58.1 cm³/mol. The largest absolute Gasteiger partial charge is 0.468 e. The fourth-order valence-corrected chi connectivity index (χ4v) is 1.23. The molecule has 0 rings (SSSR count). The molecule has 0 saturated heterocycles. The minimum absolute atomic E-state index is 0.0378. The minimum Gasteiger partial charge on any atom is -0.468 e. The highest BCUT2D eigenvalue weighted by molar-refractivity contribution is 14.1. The van der Waals surface area contributed by atoms with Crippen LogP contribution in [0.3, 0.4) is 0 Å². The van der Waals surface area contributed by atoms with E-state index < -0.39 is 34.8 Å². The molecule has 0 spiro atoms. The summed E-state index contributed by atoms with van der Waals surface area (Å²) in [6.45, 7) is -0.0378. The molecule has 1 unspecified atom stereocenters. The fraction of sp³-hybridized carbons (Fsp3) is 0.750. The number of hydrogen-bond acceptors (Lipinski definition) is 3. The highest BCUT2D eigenvalue weighted by atomic mass is 127. The lowest BCUT2D eigenvalue weighted by atomic mass is 10.3. The molecule has 0 radical (unpaired) electrons. The lowest BCUT2D eigenvalue weighted by Crippen LogP contribution is -2.34. The van der Waals surface area contributed by atoms with Gasteiger partial charge in [-0.15, -0.1) is 0 Å². The summed E-state index contributed by atoms with van der Waals surface area (Å²) in [6.07, 6.45) is -6.14. The second kappa shape index (κ2) is 6.92. The number of nitrogens with one attached hydrogen (secondary N) is 1. The molecule has 1 amide bonds. The molecule has 8 heteroatoms. The Morgan fingerprint density at radius 2 is 2.00 bits per heavy atom. The van der Waals surface area contributed by atoms with Gasteiger partial charge in [0.2, 0.25) is 5.91 Å². The van der Waals surface area contributed by atoms with E-state index in [0.717, 1.165) is 0 Å². The first-order valence-corrected chi connectivity index (χ1v) is 5.56. The maximum atomic E-state index is 11.7. The van der Waals surface area contributed by atoms with Crippen molar-refractivity contribution in [3.05, 3.63) is 0 Å². The zero-order chi connectivity index (χ0) is 12.8. The van der Waals surface area contributed by atoms with Gasteiger partial charge in [0.15, 0.2) is 0 Å². The molecule has 0 aromatic heterocycles. The number of methoxy groups -OCH3 is 1. The molecule has 0 bridgehead atoms. The zero-order valence-electron chi connectivity index (χ0n) is 8.44. The van der Waals surface area contributed by atoms with E-state index in [-0.39, 0.29) is 6.54 Å². The lowest BCUT2D eigenvalue weighted by molar-refractivity contribution is -0.144. The monoisotopic (exact) mass is 353 g/mol. The van der Waals surface area contributed by atoms with E-state index >= 15 is 0 Å². The van der Waals surface area contributed by atoms with E-state index in [1.54, 1.807) is 22.6 Å². The van der Waals surface area contributed by atoms with Crippen molar-refractivity contribution in [3.63, 3.8) is 0 Å². The van der Waals surface area contributed by atoms with Gasteiger partial charge in [-0.1, -0.05) is 22.6 Å². The van der Waals surface area contributed by atoms with Gasteiger partial charge in [-0.05, 0) is 0 Å².